The average Bonchev–Trinajstić information content (AvgIpc) is 2.82. The summed E-state index contributed by atoms with van der Waals surface area (Å²) in [6.45, 7) is 5.64. The molecule has 6 atom stereocenters. The van der Waals surface area contributed by atoms with E-state index < -0.39 is 35.4 Å². The summed E-state index contributed by atoms with van der Waals surface area (Å²) in [6, 6.07) is -0.298. The number of hydrogen-bond donors (Lipinski definition) is 2. The molecule has 0 aromatic carbocycles. The second-order valence-corrected chi connectivity index (χ2v) is 7.74. The second-order valence-electron chi connectivity index (χ2n) is 7.74. The molecule has 0 spiro atoms. The van der Waals surface area contributed by atoms with Crippen molar-refractivity contribution in [2.24, 2.45) is 29.1 Å². The quantitative estimate of drug-likeness (QED) is 0.445. The van der Waals surface area contributed by atoms with Gasteiger partial charge < -0.3 is 19.8 Å². The van der Waals surface area contributed by atoms with Gasteiger partial charge in [0.25, 0.3) is 5.97 Å². The number of hydrogen-bond acceptors (Lipinski definition) is 5. The molecule has 25 heavy (non-hydrogen) atoms. The van der Waals surface area contributed by atoms with Gasteiger partial charge in [-0.3, -0.25) is 9.59 Å². The molecule has 0 aromatic heterocycles. The van der Waals surface area contributed by atoms with Crippen LogP contribution < -0.4 is 5.32 Å². The van der Waals surface area contributed by atoms with Crippen LogP contribution in [-0.2, 0) is 19.0 Å². The molecule has 1 saturated carbocycles. The molecule has 1 amide bonds. The van der Waals surface area contributed by atoms with E-state index in [1.807, 2.05) is 19.9 Å². The van der Waals surface area contributed by atoms with Gasteiger partial charge in [-0.05, 0) is 25.7 Å². The van der Waals surface area contributed by atoms with E-state index in [0.717, 1.165) is 5.57 Å². The lowest BCUT2D eigenvalue weighted by molar-refractivity contribution is -0.145. The summed E-state index contributed by atoms with van der Waals surface area (Å²) in [4.78, 5) is 35.8. The van der Waals surface area contributed by atoms with Crippen molar-refractivity contribution in [2.45, 2.75) is 45.8 Å². The van der Waals surface area contributed by atoms with Crippen molar-refractivity contribution in [3.05, 3.63) is 11.6 Å². The molecular weight excluding hydrogens is 325 g/mol. The van der Waals surface area contributed by atoms with Crippen LogP contribution in [0, 0.1) is 29.1 Å². The number of ether oxygens (including phenoxy) is 1. The first kappa shape index (κ1) is 17.8. The molecule has 0 bridgehead atoms. The molecule has 1 unspecified atom stereocenters. The Bertz CT molecular complexity index is 645. The minimum Gasteiger partial charge on any atom is -0.543 e. The van der Waals surface area contributed by atoms with Crippen molar-refractivity contribution in [3.63, 3.8) is 0 Å². The molecular formula is C17H22BNO6. The van der Waals surface area contributed by atoms with Crippen LogP contribution in [0.25, 0.3) is 0 Å². The van der Waals surface area contributed by atoms with Crippen molar-refractivity contribution in [1.82, 2.24) is 5.32 Å². The van der Waals surface area contributed by atoms with Crippen LogP contribution in [0.2, 0.25) is 0 Å². The Hall–Kier alpha value is -1.99. The monoisotopic (exact) mass is 347 g/mol. The molecule has 8 heteroatoms. The summed E-state index contributed by atoms with van der Waals surface area (Å²) in [5, 5.41) is 11.7. The Morgan fingerprint density at radius 2 is 2.08 bits per heavy atom. The molecule has 1 saturated heterocycles. The third kappa shape index (κ3) is 2.71. The fourth-order valence-electron chi connectivity index (χ4n) is 5.00. The third-order valence-electron chi connectivity index (χ3n) is 6.21. The number of fused-ring (bicyclic) bond motifs is 2. The van der Waals surface area contributed by atoms with E-state index in [-0.39, 0.29) is 23.8 Å². The summed E-state index contributed by atoms with van der Waals surface area (Å²) in [6.07, 6.45) is 1.62. The van der Waals surface area contributed by atoms with Gasteiger partial charge in [0.15, 0.2) is 0 Å². The minimum atomic E-state index is -1.09. The van der Waals surface area contributed by atoms with E-state index in [1.165, 1.54) is 0 Å². The zero-order valence-electron chi connectivity index (χ0n) is 14.5. The SMILES string of the molecule is [B]OC(=O)[C@H]1C2CC[C@H](NC(=O)O)C(C)(C)C2=C[C@H]2C(=O)O[C@H](C)[C@H]21. The number of nitrogens with one attached hydrogen (secondary N) is 1. The number of esters is 1. The molecule has 3 aliphatic rings. The highest BCUT2D eigenvalue weighted by molar-refractivity contribution is 6.06. The standard InChI is InChI=1S/C17H22BNO6/c1-7-12-9(14(20)24-7)6-10-8(13(12)15(21)25-18)4-5-11(17(10,2)3)19-16(22)23/h6-9,11-13,19H,4-5H2,1-3H3,(H,22,23)/t7-,8?,9-,11+,12-,13+/m1/s1. The Morgan fingerprint density at radius 3 is 2.68 bits per heavy atom. The molecule has 2 radical (unpaired) electrons. The number of carboxylic acid groups (broad SMARTS) is 1. The van der Waals surface area contributed by atoms with E-state index in [9.17, 15) is 14.4 Å². The lowest BCUT2D eigenvalue weighted by atomic mass is 9.55. The van der Waals surface area contributed by atoms with Gasteiger partial charge >= 0.3 is 20.1 Å². The maximum absolute atomic E-state index is 12.4. The van der Waals surface area contributed by atoms with Crippen LogP contribution in [0.5, 0.6) is 0 Å². The van der Waals surface area contributed by atoms with E-state index in [1.54, 1.807) is 6.92 Å². The number of amides is 1. The van der Waals surface area contributed by atoms with Crippen molar-refractivity contribution < 1.29 is 28.9 Å². The van der Waals surface area contributed by atoms with Gasteiger partial charge in [0.05, 0.1) is 11.8 Å². The average molecular weight is 347 g/mol. The topological polar surface area (TPSA) is 102 Å². The highest BCUT2D eigenvalue weighted by Crippen LogP contribution is 2.55. The molecule has 3 rings (SSSR count). The maximum atomic E-state index is 12.4. The first-order valence-corrected chi connectivity index (χ1v) is 8.51. The van der Waals surface area contributed by atoms with Crippen LogP contribution >= 0.6 is 0 Å². The molecule has 1 heterocycles. The van der Waals surface area contributed by atoms with Crippen molar-refractivity contribution in [3.8, 4) is 0 Å². The van der Waals surface area contributed by atoms with Gasteiger partial charge in [0.1, 0.15) is 6.10 Å². The molecule has 2 fully saturated rings. The van der Waals surface area contributed by atoms with Crippen LogP contribution in [0.3, 0.4) is 0 Å². The van der Waals surface area contributed by atoms with E-state index in [0.29, 0.717) is 12.8 Å². The predicted octanol–water partition coefficient (Wildman–Crippen LogP) is 1.42. The fourth-order valence-corrected chi connectivity index (χ4v) is 5.00. The lowest BCUT2D eigenvalue weighted by Crippen LogP contribution is -2.54. The van der Waals surface area contributed by atoms with Gasteiger partial charge in [-0.2, -0.15) is 0 Å². The van der Waals surface area contributed by atoms with Gasteiger partial charge in [-0.1, -0.05) is 25.5 Å². The Balaban J connectivity index is 2.05. The number of carbonyl (C=O) groups is 3. The largest absolute Gasteiger partial charge is 0.543 e. The molecule has 2 N–H and O–H groups in total. The summed E-state index contributed by atoms with van der Waals surface area (Å²) in [7, 11) is 5.16. The van der Waals surface area contributed by atoms with E-state index in [2.05, 4.69) is 9.97 Å². The number of cyclic esters (lactones) is 1. The fraction of sp³-hybridized carbons (Fsp3) is 0.706. The normalized spacial score (nSPS) is 38.7. The van der Waals surface area contributed by atoms with Crippen molar-refractivity contribution >= 4 is 26.1 Å². The Morgan fingerprint density at radius 1 is 1.40 bits per heavy atom. The highest BCUT2D eigenvalue weighted by Gasteiger charge is 2.58. The van der Waals surface area contributed by atoms with Crippen LogP contribution in [-0.4, -0.2) is 43.3 Å². The zero-order chi connectivity index (χ0) is 18.5. The molecule has 134 valence electrons. The number of rotatable bonds is 2. The first-order chi connectivity index (χ1) is 11.7. The predicted molar refractivity (Wildman–Crippen MR) is 87.4 cm³/mol. The van der Waals surface area contributed by atoms with E-state index >= 15 is 0 Å². The number of carbonyl (C=O) groups excluding carboxylic acids is 2. The van der Waals surface area contributed by atoms with Crippen molar-refractivity contribution in [1.29, 1.82) is 0 Å². The molecule has 7 nitrogen and oxygen atoms in total. The molecule has 1 aliphatic heterocycles. The third-order valence-corrected chi connectivity index (χ3v) is 6.21. The minimum absolute atomic E-state index is 0.143. The van der Waals surface area contributed by atoms with E-state index in [4.69, 9.17) is 17.9 Å². The van der Waals surface area contributed by atoms with Crippen LogP contribution in [0.1, 0.15) is 33.6 Å². The summed E-state index contributed by atoms with van der Waals surface area (Å²) >= 11 is 0. The van der Waals surface area contributed by atoms with Gasteiger partial charge in [-0.25, -0.2) is 4.79 Å². The lowest BCUT2D eigenvalue weighted by Gasteiger charge is -2.50. The van der Waals surface area contributed by atoms with Crippen molar-refractivity contribution in [2.75, 3.05) is 0 Å². The van der Waals surface area contributed by atoms with Gasteiger partial charge in [-0.15, -0.1) is 0 Å². The Labute approximate surface area is 147 Å². The van der Waals surface area contributed by atoms with Crippen LogP contribution in [0.15, 0.2) is 11.6 Å². The molecule has 2 aliphatic carbocycles. The summed E-state index contributed by atoms with van der Waals surface area (Å²) in [5.74, 6) is -2.46. The summed E-state index contributed by atoms with van der Waals surface area (Å²) < 4.78 is 9.90. The van der Waals surface area contributed by atoms with Gasteiger partial charge in [0, 0.05) is 17.4 Å². The molecule has 0 aromatic rings. The summed E-state index contributed by atoms with van der Waals surface area (Å²) in [5.41, 5.74) is 0.367. The smallest absolute Gasteiger partial charge is 0.404 e. The van der Waals surface area contributed by atoms with Crippen LogP contribution in [0.4, 0.5) is 4.79 Å². The highest BCUT2D eigenvalue weighted by atomic mass is 16.6. The Kier molecular flexibility index (Phi) is 4.33. The zero-order valence-corrected chi connectivity index (χ0v) is 14.5. The first-order valence-electron chi connectivity index (χ1n) is 8.51. The van der Waals surface area contributed by atoms with Gasteiger partial charge in [0.2, 0.25) is 0 Å². The maximum Gasteiger partial charge on any atom is 0.404 e. The second kappa shape index (κ2) is 6.07.